The third-order valence-corrected chi connectivity index (χ3v) is 9.45. The standard InChI is InChI=1S/C26H36O9/c1-11-15-8-16(33-12(2)27)20-25(7)18(31)9-17(30)24(5,6)21(25)19(34-13(3)28)23(35-14(4)29)26(20,10-15)22(11)32/h15-21,23,30-31H,1,8-10H2,2-7H3. The van der Waals surface area contributed by atoms with Crippen LogP contribution in [0.3, 0.4) is 0 Å². The first-order chi connectivity index (χ1) is 16.1. The molecule has 0 aromatic carbocycles. The predicted octanol–water partition coefficient (Wildman–Crippen LogP) is 1.72. The summed E-state index contributed by atoms with van der Waals surface area (Å²) in [6.45, 7) is 13.2. The van der Waals surface area contributed by atoms with Crippen molar-refractivity contribution in [3.63, 3.8) is 0 Å². The van der Waals surface area contributed by atoms with Crippen LogP contribution in [0.5, 0.6) is 0 Å². The number of rotatable bonds is 3. The van der Waals surface area contributed by atoms with Crippen molar-refractivity contribution in [1.29, 1.82) is 0 Å². The van der Waals surface area contributed by atoms with Crippen LogP contribution in [0.1, 0.15) is 60.8 Å². The minimum Gasteiger partial charge on any atom is -0.462 e. The summed E-state index contributed by atoms with van der Waals surface area (Å²) in [6.07, 6.45) is -4.49. The first kappa shape index (κ1) is 25.8. The lowest BCUT2D eigenvalue weighted by Crippen LogP contribution is -2.77. The Balaban J connectivity index is 2.06. The number of hydrogen-bond acceptors (Lipinski definition) is 9. The molecule has 1 spiro atoms. The zero-order chi connectivity index (χ0) is 26.2. The van der Waals surface area contributed by atoms with Crippen LogP contribution in [0.4, 0.5) is 0 Å². The first-order valence-electron chi connectivity index (χ1n) is 12.2. The smallest absolute Gasteiger partial charge is 0.303 e. The van der Waals surface area contributed by atoms with E-state index in [1.165, 1.54) is 20.8 Å². The van der Waals surface area contributed by atoms with Crippen molar-refractivity contribution in [2.75, 3.05) is 0 Å². The number of carbonyl (C=O) groups is 4. The normalized spacial score (nSPS) is 45.7. The number of aliphatic hydroxyl groups excluding tert-OH is 2. The van der Waals surface area contributed by atoms with E-state index < -0.39 is 76.5 Å². The van der Waals surface area contributed by atoms with Gasteiger partial charge >= 0.3 is 17.9 Å². The molecule has 9 heteroatoms. The van der Waals surface area contributed by atoms with Gasteiger partial charge in [0.05, 0.1) is 17.6 Å². The molecule has 4 rings (SSSR count). The predicted molar refractivity (Wildman–Crippen MR) is 121 cm³/mol. The van der Waals surface area contributed by atoms with Crippen molar-refractivity contribution in [2.45, 2.75) is 91.3 Å². The van der Waals surface area contributed by atoms with E-state index in [2.05, 4.69) is 6.58 Å². The molecular weight excluding hydrogens is 456 g/mol. The van der Waals surface area contributed by atoms with Gasteiger partial charge in [0.2, 0.25) is 0 Å². The molecule has 10 unspecified atom stereocenters. The summed E-state index contributed by atoms with van der Waals surface area (Å²) in [5.41, 5.74) is -3.10. The van der Waals surface area contributed by atoms with E-state index in [1.807, 2.05) is 20.8 Å². The lowest BCUT2D eigenvalue weighted by molar-refractivity contribution is -0.308. The summed E-state index contributed by atoms with van der Waals surface area (Å²) in [5, 5.41) is 22.6. The number of aliphatic hydroxyl groups is 2. The maximum Gasteiger partial charge on any atom is 0.303 e. The SMILES string of the molecule is C=C1C(=O)C23CC1CC(OC(C)=O)C2C1(C)C(O)CC(O)C(C)(C)C1C(OC(C)=O)C3OC(C)=O. The highest BCUT2D eigenvalue weighted by atomic mass is 16.6. The van der Waals surface area contributed by atoms with E-state index in [0.717, 1.165) is 0 Å². The van der Waals surface area contributed by atoms with Crippen LogP contribution in [-0.2, 0) is 33.4 Å². The van der Waals surface area contributed by atoms with E-state index in [-0.39, 0.29) is 24.5 Å². The second kappa shape index (κ2) is 8.13. The molecular formula is C26H36O9. The van der Waals surface area contributed by atoms with Crippen LogP contribution in [0, 0.1) is 34.0 Å². The highest BCUT2D eigenvalue weighted by Crippen LogP contribution is 2.72. The average molecular weight is 493 g/mol. The number of Topliss-reactive ketones (excluding diaryl/α,β-unsaturated/α-hetero) is 1. The Morgan fingerprint density at radius 3 is 2.00 bits per heavy atom. The number of ether oxygens (including phenoxy) is 3. The Hall–Kier alpha value is -2.26. The van der Waals surface area contributed by atoms with E-state index in [4.69, 9.17) is 14.2 Å². The average Bonchev–Trinajstić information content (AvgIpc) is 2.90. The van der Waals surface area contributed by atoms with Crippen LogP contribution in [0.25, 0.3) is 0 Å². The van der Waals surface area contributed by atoms with Gasteiger partial charge in [-0.05, 0) is 29.7 Å². The zero-order valence-electron chi connectivity index (χ0n) is 21.2. The summed E-state index contributed by atoms with van der Waals surface area (Å²) in [4.78, 5) is 51.0. The molecule has 0 amide bonds. The van der Waals surface area contributed by atoms with Crippen LogP contribution in [0.2, 0.25) is 0 Å². The van der Waals surface area contributed by atoms with Crippen molar-refractivity contribution >= 4 is 23.7 Å². The van der Waals surface area contributed by atoms with Gasteiger partial charge < -0.3 is 24.4 Å². The molecule has 4 aliphatic rings. The maximum absolute atomic E-state index is 14.0. The van der Waals surface area contributed by atoms with Crippen molar-refractivity contribution in [1.82, 2.24) is 0 Å². The summed E-state index contributed by atoms with van der Waals surface area (Å²) >= 11 is 0. The van der Waals surface area contributed by atoms with E-state index in [0.29, 0.717) is 12.0 Å². The number of esters is 3. The van der Waals surface area contributed by atoms with Gasteiger partial charge in [0, 0.05) is 44.4 Å². The number of ketones is 1. The molecule has 0 saturated heterocycles. The molecule has 4 fully saturated rings. The molecule has 9 nitrogen and oxygen atoms in total. The molecule has 2 N–H and O–H groups in total. The lowest BCUT2D eigenvalue weighted by atomic mass is 9.37. The van der Waals surface area contributed by atoms with E-state index >= 15 is 0 Å². The van der Waals surface area contributed by atoms with Gasteiger partial charge in [0.25, 0.3) is 0 Å². The Bertz CT molecular complexity index is 985. The second-order valence-corrected chi connectivity index (χ2v) is 11.7. The van der Waals surface area contributed by atoms with Gasteiger partial charge in [-0.1, -0.05) is 27.4 Å². The van der Waals surface area contributed by atoms with Crippen LogP contribution in [0.15, 0.2) is 12.2 Å². The molecule has 10 atom stereocenters. The molecule has 4 aliphatic carbocycles. The number of allylic oxidation sites excluding steroid dienone is 1. The molecule has 35 heavy (non-hydrogen) atoms. The largest absolute Gasteiger partial charge is 0.462 e. The summed E-state index contributed by atoms with van der Waals surface area (Å²) in [7, 11) is 0. The van der Waals surface area contributed by atoms with Crippen molar-refractivity contribution in [2.24, 2.45) is 34.0 Å². The van der Waals surface area contributed by atoms with Crippen LogP contribution < -0.4 is 0 Å². The number of hydrogen-bond donors (Lipinski definition) is 2. The van der Waals surface area contributed by atoms with Crippen molar-refractivity contribution < 1.29 is 43.6 Å². The molecule has 0 aliphatic heterocycles. The summed E-state index contributed by atoms with van der Waals surface area (Å²) in [6, 6.07) is 0. The molecule has 194 valence electrons. The van der Waals surface area contributed by atoms with Gasteiger partial charge in [-0.2, -0.15) is 0 Å². The van der Waals surface area contributed by atoms with Gasteiger partial charge in [-0.15, -0.1) is 0 Å². The van der Waals surface area contributed by atoms with Crippen molar-refractivity contribution in [3.05, 3.63) is 12.2 Å². The third kappa shape index (κ3) is 3.41. The summed E-state index contributed by atoms with van der Waals surface area (Å²) < 4.78 is 17.5. The highest BCUT2D eigenvalue weighted by Gasteiger charge is 2.79. The fourth-order valence-electron chi connectivity index (χ4n) is 8.36. The monoisotopic (exact) mass is 492 g/mol. The van der Waals surface area contributed by atoms with E-state index in [9.17, 15) is 29.4 Å². The zero-order valence-corrected chi connectivity index (χ0v) is 21.2. The van der Waals surface area contributed by atoms with E-state index in [1.54, 1.807) is 0 Å². The van der Waals surface area contributed by atoms with Gasteiger partial charge in [-0.25, -0.2) is 0 Å². The minimum absolute atomic E-state index is 0.0307. The van der Waals surface area contributed by atoms with Gasteiger partial charge in [0.15, 0.2) is 11.9 Å². The topological polar surface area (TPSA) is 136 Å². The van der Waals surface area contributed by atoms with Crippen molar-refractivity contribution in [3.8, 4) is 0 Å². The highest BCUT2D eigenvalue weighted by molar-refractivity contribution is 6.04. The Labute approximate surface area is 205 Å². The molecule has 0 radical (unpaired) electrons. The van der Waals surface area contributed by atoms with Gasteiger partial charge in [-0.3, -0.25) is 19.2 Å². The minimum atomic E-state index is -1.41. The molecule has 0 aromatic heterocycles. The second-order valence-electron chi connectivity index (χ2n) is 11.7. The summed E-state index contributed by atoms with van der Waals surface area (Å²) in [5.74, 6) is -3.93. The Kier molecular flexibility index (Phi) is 6.00. The Morgan fingerprint density at radius 1 is 0.886 bits per heavy atom. The van der Waals surface area contributed by atoms with Gasteiger partial charge in [0.1, 0.15) is 12.2 Å². The molecule has 0 aromatic rings. The third-order valence-electron chi connectivity index (χ3n) is 9.45. The number of carbonyl (C=O) groups excluding carboxylic acids is 4. The fraction of sp³-hybridized carbons (Fsp3) is 0.769. The fourth-order valence-corrected chi connectivity index (χ4v) is 8.36. The van der Waals surface area contributed by atoms with Crippen LogP contribution >= 0.6 is 0 Å². The number of fused-ring (bicyclic) bond motifs is 3. The lowest BCUT2D eigenvalue weighted by Gasteiger charge is -2.69. The quantitative estimate of drug-likeness (QED) is 0.343. The molecule has 4 saturated carbocycles. The molecule has 2 bridgehead atoms. The first-order valence-corrected chi connectivity index (χ1v) is 12.2. The molecule has 0 heterocycles. The Morgan fingerprint density at radius 2 is 1.46 bits per heavy atom. The maximum atomic E-state index is 14.0. The van der Waals surface area contributed by atoms with Crippen LogP contribution in [-0.4, -0.2) is 64.4 Å².